The molecular formula is C14H17N5O. The lowest BCUT2D eigenvalue weighted by Crippen LogP contribution is -2.15. The molecule has 1 amide bonds. The highest BCUT2D eigenvalue weighted by molar-refractivity contribution is 6.03. The Morgan fingerprint density at radius 1 is 1.20 bits per heavy atom. The van der Waals surface area contributed by atoms with Crippen LogP contribution in [0.15, 0.2) is 42.6 Å². The average Bonchev–Trinajstić information content (AvgIpc) is 2.47. The minimum absolute atomic E-state index is 0.280. The smallest absolute Gasteiger partial charge is 0.274 e. The maximum atomic E-state index is 12.1. The quantitative estimate of drug-likeness (QED) is 0.582. The van der Waals surface area contributed by atoms with Crippen LogP contribution in [-0.4, -0.2) is 25.0 Å². The van der Waals surface area contributed by atoms with Crippen LogP contribution < -0.4 is 21.5 Å². The zero-order chi connectivity index (χ0) is 14.5. The zero-order valence-electron chi connectivity index (χ0n) is 11.4. The summed E-state index contributed by atoms with van der Waals surface area (Å²) in [6.45, 7) is 0. The van der Waals surface area contributed by atoms with Crippen molar-refractivity contribution in [3.63, 3.8) is 0 Å². The van der Waals surface area contributed by atoms with Crippen LogP contribution in [0.5, 0.6) is 0 Å². The van der Waals surface area contributed by atoms with Gasteiger partial charge in [0.25, 0.3) is 5.91 Å². The van der Waals surface area contributed by atoms with Gasteiger partial charge in [-0.3, -0.25) is 15.6 Å². The van der Waals surface area contributed by atoms with E-state index in [1.807, 2.05) is 43.3 Å². The van der Waals surface area contributed by atoms with Crippen molar-refractivity contribution in [2.75, 3.05) is 29.7 Å². The number of amides is 1. The highest BCUT2D eigenvalue weighted by Crippen LogP contribution is 2.18. The number of nitrogens with one attached hydrogen (secondary N) is 2. The number of carbonyl (C=O) groups excluding carboxylic acids is 1. The van der Waals surface area contributed by atoms with Crippen molar-refractivity contribution in [2.24, 2.45) is 5.84 Å². The van der Waals surface area contributed by atoms with Gasteiger partial charge in [0.15, 0.2) is 0 Å². The largest absolute Gasteiger partial charge is 0.378 e. The van der Waals surface area contributed by atoms with E-state index in [0.717, 1.165) is 5.69 Å². The maximum absolute atomic E-state index is 12.1. The predicted molar refractivity (Wildman–Crippen MR) is 80.8 cm³/mol. The van der Waals surface area contributed by atoms with Crippen LogP contribution in [0, 0.1) is 0 Å². The molecule has 0 radical (unpaired) electrons. The second-order valence-electron chi connectivity index (χ2n) is 4.47. The first kappa shape index (κ1) is 13.8. The number of hydrogen-bond donors (Lipinski definition) is 3. The van der Waals surface area contributed by atoms with Crippen LogP contribution in [0.4, 0.5) is 17.1 Å². The topological polar surface area (TPSA) is 83.3 Å². The highest BCUT2D eigenvalue weighted by Gasteiger charge is 2.08. The Balaban J connectivity index is 2.16. The van der Waals surface area contributed by atoms with Gasteiger partial charge >= 0.3 is 0 Å². The number of carbonyl (C=O) groups is 1. The zero-order valence-corrected chi connectivity index (χ0v) is 11.4. The van der Waals surface area contributed by atoms with E-state index in [4.69, 9.17) is 5.84 Å². The van der Waals surface area contributed by atoms with Crippen molar-refractivity contribution < 1.29 is 4.79 Å². The average molecular weight is 271 g/mol. The SMILES string of the molecule is CN(C)c1cccc(NC(=O)c2cc(NN)ccn2)c1. The highest BCUT2D eigenvalue weighted by atomic mass is 16.1. The number of anilines is 3. The molecule has 0 aliphatic heterocycles. The first-order valence-corrected chi connectivity index (χ1v) is 6.11. The summed E-state index contributed by atoms with van der Waals surface area (Å²) in [5.74, 6) is 5.03. The third kappa shape index (κ3) is 3.24. The van der Waals surface area contributed by atoms with Crippen LogP contribution in [0.2, 0.25) is 0 Å². The van der Waals surface area contributed by atoms with E-state index in [1.165, 1.54) is 6.20 Å². The van der Waals surface area contributed by atoms with Crippen LogP contribution >= 0.6 is 0 Å². The standard InChI is InChI=1S/C14H17N5O/c1-19(2)12-5-3-4-10(8-12)17-14(20)13-9-11(18-15)6-7-16-13/h3-9H,15H2,1-2H3,(H,16,18)(H,17,20). The second-order valence-corrected chi connectivity index (χ2v) is 4.47. The summed E-state index contributed by atoms with van der Waals surface area (Å²) in [7, 11) is 3.89. The third-order valence-electron chi connectivity index (χ3n) is 2.78. The van der Waals surface area contributed by atoms with E-state index in [2.05, 4.69) is 15.7 Å². The lowest BCUT2D eigenvalue weighted by atomic mass is 10.2. The van der Waals surface area contributed by atoms with E-state index in [0.29, 0.717) is 17.1 Å². The molecule has 4 N–H and O–H groups in total. The molecule has 104 valence electrons. The van der Waals surface area contributed by atoms with Crippen LogP contribution in [0.25, 0.3) is 0 Å². The van der Waals surface area contributed by atoms with Crippen LogP contribution in [-0.2, 0) is 0 Å². The van der Waals surface area contributed by atoms with Gasteiger partial charge in [-0.2, -0.15) is 0 Å². The van der Waals surface area contributed by atoms with Gasteiger partial charge in [-0.15, -0.1) is 0 Å². The summed E-state index contributed by atoms with van der Waals surface area (Å²) in [6, 6.07) is 10.8. The first-order valence-electron chi connectivity index (χ1n) is 6.11. The lowest BCUT2D eigenvalue weighted by molar-refractivity contribution is 0.102. The second kappa shape index (κ2) is 6.03. The number of hydrazine groups is 1. The van der Waals surface area contributed by atoms with Crippen molar-refractivity contribution in [3.8, 4) is 0 Å². The van der Waals surface area contributed by atoms with E-state index in [1.54, 1.807) is 12.1 Å². The number of hydrogen-bond acceptors (Lipinski definition) is 5. The summed E-state index contributed by atoms with van der Waals surface area (Å²) in [6.07, 6.45) is 1.53. The molecule has 6 nitrogen and oxygen atoms in total. The number of pyridine rings is 1. The van der Waals surface area contributed by atoms with Crippen molar-refractivity contribution in [1.82, 2.24) is 4.98 Å². The fourth-order valence-corrected chi connectivity index (χ4v) is 1.70. The molecule has 0 aliphatic rings. The molecule has 0 atom stereocenters. The normalized spacial score (nSPS) is 9.95. The van der Waals surface area contributed by atoms with Crippen molar-refractivity contribution in [2.45, 2.75) is 0 Å². The molecule has 6 heteroatoms. The van der Waals surface area contributed by atoms with Gasteiger partial charge in [-0.05, 0) is 30.3 Å². The minimum Gasteiger partial charge on any atom is -0.378 e. The van der Waals surface area contributed by atoms with E-state index in [-0.39, 0.29) is 5.91 Å². The molecule has 0 aliphatic carbocycles. The van der Waals surface area contributed by atoms with E-state index >= 15 is 0 Å². The fourth-order valence-electron chi connectivity index (χ4n) is 1.70. The number of nitrogens with zero attached hydrogens (tertiary/aromatic N) is 2. The van der Waals surface area contributed by atoms with Crippen molar-refractivity contribution >= 4 is 23.0 Å². The number of aromatic nitrogens is 1. The Morgan fingerprint density at radius 3 is 2.70 bits per heavy atom. The Labute approximate surface area is 117 Å². The summed E-state index contributed by atoms with van der Waals surface area (Å²) >= 11 is 0. The number of nitrogen functional groups attached to an aromatic ring is 1. The number of rotatable bonds is 4. The fraction of sp³-hybridized carbons (Fsp3) is 0.143. The monoisotopic (exact) mass is 271 g/mol. The molecule has 0 saturated carbocycles. The Hall–Kier alpha value is -2.60. The summed E-state index contributed by atoms with van der Waals surface area (Å²) in [5, 5.41) is 2.81. The van der Waals surface area contributed by atoms with Gasteiger partial charge < -0.3 is 15.6 Å². The van der Waals surface area contributed by atoms with Gasteiger partial charge in [0.05, 0.1) is 5.69 Å². The van der Waals surface area contributed by atoms with Crippen LogP contribution in [0.1, 0.15) is 10.5 Å². The predicted octanol–water partition coefficient (Wildman–Crippen LogP) is 1.69. The molecule has 0 bridgehead atoms. The van der Waals surface area contributed by atoms with Crippen molar-refractivity contribution in [3.05, 3.63) is 48.3 Å². The van der Waals surface area contributed by atoms with E-state index in [9.17, 15) is 4.79 Å². The first-order chi connectivity index (χ1) is 9.60. The molecule has 0 saturated heterocycles. The molecule has 2 aromatic rings. The molecule has 2 rings (SSSR count). The molecule has 0 unspecified atom stereocenters. The summed E-state index contributed by atoms with van der Waals surface area (Å²) in [5.41, 5.74) is 5.14. The van der Waals surface area contributed by atoms with Gasteiger partial charge in [0.1, 0.15) is 5.69 Å². The van der Waals surface area contributed by atoms with E-state index < -0.39 is 0 Å². The Morgan fingerprint density at radius 2 is 2.00 bits per heavy atom. The molecule has 1 heterocycles. The maximum Gasteiger partial charge on any atom is 0.274 e. The molecule has 0 fully saturated rings. The lowest BCUT2D eigenvalue weighted by Gasteiger charge is -2.14. The van der Waals surface area contributed by atoms with Gasteiger partial charge in [-0.25, -0.2) is 0 Å². The Bertz CT molecular complexity index is 612. The van der Waals surface area contributed by atoms with Gasteiger partial charge in [0.2, 0.25) is 0 Å². The van der Waals surface area contributed by atoms with Crippen LogP contribution in [0.3, 0.4) is 0 Å². The summed E-state index contributed by atoms with van der Waals surface area (Å²) < 4.78 is 0. The molecule has 1 aromatic carbocycles. The van der Waals surface area contributed by atoms with Gasteiger partial charge in [0, 0.05) is 31.7 Å². The van der Waals surface area contributed by atoms with Gasteiger partial charge in [-0.1, -0.05) is 6.07 Å². The minimum atomic E-state index is -0.280. The number of benzene rings is 1. The Kier molecular flexibility index (Phi) is 4.17. The van der Waals surface area contributed by atoms with Crippen molar-refractivity contribution in [1.29, 1.82) is 0 Å². The molecule has 0 spiro atoms. The molecule has 20 heavy (non-hydrogen) atoms. The summed E-state index contributed by atoms with van der Waals surface area (Å²) in [4.78, 5) is 18.1. The number of nitrogens with two attached hydrogens (primary N) is 1. The molecular weight excluding hydrogens is 254 g/mol. The molecule has 1 aromatic heterocycles. The third-order valence-corrected chi connectivity index (χ3v) is 2.78.